The molecule has 0 atom stereocenters. The third-order valence-corrected chi connectivity index (χ3v) is 2.43. The number of pyridine rings is 1. The largest absolute Gasteiger partial charge is 0.294 e. The molecule has 2 heterocycles. The minimum Gasteiger partial charge on any atom is -0.294 e. The summed E-state index contributed by atoms with van der Waals surface area (Å²) in [5.41, 5.74) is 0.933. The van der Waals surface area contributed by atoms with Crippen molar-refractivity contribution in [2.45, 2.75) is 6.42 Å². The van der Waals surface area contributed by atoms with Gasteiger partial charge in [0.25, 0.3) is 0 Å². The fourth-order valence-electron chi connectivity index (χ4n) is 1.52. The first kappa shape index (κ1) is 11.2. The second-order valence-electron chi connectivity index (χ2n) is 3.60. The van der Waals surface area contributed by atoms with Crippen molar-refractivity contribution in [3.63, 3.8) is 0 Å². The fourth-order valence-corrected chi connectivity index (χ4v) is 1.52. The molecule has 0 aliphatic heterocycles. The number of ketones is 2. The van der Waals surface area contributed by atoms with Gasteiger partial charge in [-0.1, -0.05) is 0 Å². The molecule has 0 fully saturated rings. The van der Waals surface area contributed by atoms with E-state index in [2.05, 4.69) is 10.1 Å². The van der Waals surface area contributed by atoms with Crippen molar-refractivity contribution >= 4 is 11.6 Å². The highest BCUT2D eigenvalue weighted by Crippen LogP contribution is 2.07. The maximum atomic E-state index is 11.8. The van der Waals surface area contributed by atoms with Crippen molar-refractivity contribution in [3.8, 4) is 0 Å². The van der Waals surface area contributed by atoms with Crippen LogP contribution in [0.25, 0.3) is 0 Å². The monoisotopic (exact) mass is 229 g/mol. The standard InChI is InChI=1S/C12H11N3O2/c1-15-10(4-7-14-15)12(17)8-11(16)9-2-5-13-6-3-9/h2-7H,8H2,1H3. The molecule has 2 aromatic rings. The molecule has 0 amide bonds. The third-order valence-electron chi connectivity index (χ3n) is 2.43. The fraction of sp³-hybridized carbons (Fsp3) is 0.167. The average molecular weight is 229 g/mol. The molecule has 0 unspecified atom stereocenters. The lowest BCUT2D eigenvalue weighted by Crippen LogP contribution is -2.12. The summed E-state index contributed by atoms with van der Waals surface area (Å²) in [4.78, 5) is 27.4. The first-order valence-electron chi connectivity index (χ1n) is 5.13. The Morgan fingerprint density at radius 1 is 1.12 bits per heavy atom. The topological polar surface area (TPSA) is 64.8 Å². The Bertz CT molecular complexity index is 546. The molecule has 0 bridgehead atoms. The molecule has 5 nitrogen and oxygen atoms in total. The van der Waals surface area contributed by atoms with Crippen LogP contribution in [0.5, 0.6) is 0 Å². The zero-order valence-electron chi connectivity index (χ0n) is 9.33. The number of rotatable bonds is 4. The second-order valence-corrected chi connectivity index (χ2v) is 3.60. The van der Waals surface area contributed by atoms with Gasteiger partial charge in [-0.25, -0.2) is 0 Å². The Morgan fingerprint density at radius 2 is 1.82 bits per heavy atom. The van der Waals surface area contributed by atoms with Crippen molar-refractivity contribution < 1.29 is 9.59 Å². The number of aryl methyl sites for hydroxylation is 1. The van der Waals surface area contributed by atoms with Crippen LogP contribution in [0.2, 0.25) is 0 Å². The lowest BCUT2D eigenvalue weighted by molar-refractivity contribution is 0.0889. The smallest absolute Gasteiger partial charge is 0.188 e. The van der Waals surface area contributed by atoms with E-state index < -0.39 is 0 Å². The quantitative estimate of drug-likeness (QED) is 0.585. The summed E-state index contributed by atoms with van der Waals surface area (Å²) in [6, 6.07) is 4.79. The summed E-state index contributed by atoms with van der Waals surface area (Å²) in [6.07, 6.45) is 4.44. The zero-order chi connectivity index (χ0) is 12.3. The molecule has 2 aromatic heterocycles. The Balaban J connectivity index is 2.10. The van der Waals surface area contributed by atoms with E-state index in [9.17, 15) is 9.59 Å². The Morgan fingerprint density at radius 3 is 2.41 bits per heavy atom. The van der Waals surface area contributed by atoms with Crippen molar-refractivity contribution in [2.75, 3.05) is 0 Å². The molecule has 0 spiro atoms. The molecule has 17 heavy (non-hydrogen) atoms. The number of Topliss-reactive ketones (excluding diaryl/α,β-unsaturated/α-hetero) is 2. The van der Waals surface area contributed by atoms with E-state index >= 15 is 0 Å². The summed E-state index contributed by atoms with van der Waals surface area (Å²) in [6.45, 7) is 0. The van der Waals surface area contributed by atoms with Gasteiger partial charge in [0.05, 0.1) is 6.42 Å². The molecule has 2 rings (SSSR count). The summed E-state index contributed by atoms with van der Waals surface area (Å²) in [7, 11) is 1.67. The number of carbonyl (C=O) groups excluding carboxylic acids is 2. The predicted octanol–water partition coefficient (Wildman–Crippen LogP) is 1.27. The van der Waals surface area contributed by atoms with Crippen molar-refractivity contribution in [3.05, 3.63) is 48.0 Å². The average Bonchev–Trinajstić information content (AvgIpc) is 2.76. The van der Waals surface area contributed by atoms with Gasteiger partial charge in [0.2, 0.25) is 0 Å². The Hall–Kier alpha value is -2.30. The summed E-state index contributed by atoms with van der Waals surface area (Å²) in [5.74, 6) is -0.439. The molecule has 0 saturated carbocycles. The Labute approximate surface area is 98.1 Å². The van der Waals surface area contributed by atoms with Crippen LogP contribution in [0.1, 0.15) is 27.3 Å². The second kappa shape index (κ2) is 4.69. The molecule has 0 saturated heterocycles. The highest BCUT2D eigenvalue weighted by Gasteiger charge is 2.15. The van der Waals surface area contributed by atoms with Crippen LogP contribution in [0.4, 0.5) is 0 Å². The maximum absolute atomic E-state index is 11.8. The summed E-state index contributed by atoms with van der Waals surface area (Å²) in [5, 5.41) is 3.89. The van der Waals surface area contributed by atoms with Gasteiger partial charge in [-0.15, -0.1) is 0 Å². The first-order chi connectivity index (χ1) is 8.18. The van der Waals surface area contributed by atoms with Gasteiger partial charge < -0.3 is 0 Å². The highest BCUT2D eigenvalue weighted by molar-refractivity contribution is 6.12. The van der Waals surface area contributed by atoms with Gasteiger partial charge in [-0.2, -0.15) is 5.10 Å². The highest BCUT2D eigenvalue weighted by atomic mass is 16.1. The minimum absolute atomic E-state index is 0.149. The van der Waals surface area contributed by atoms with Crippen molar-refractivity contribution in [2.24, 2.45) is 7.05 Å². The van der Waals surface area contributed by atoms with Crippen LogP contribution in [0.3, 0.4) is 0 Å². The van der Waals surface area contributed by atoms with Crippen LogP contribution >= 0.6 is 0 Å². The lowest BCUT2D eigenvalue weighted by Gasteiger charge is -2.01. The van der Waals surface area contributed by atoms with E-state index in [1.807, 2.05) is 0 Å². The van der Waals surface area contributed by atoms with Gasteiger partial charge in [0, 0.05) is 31.2 Å². The van der Waals surface area contributed by atoms with E-state index in [4.69, 9.17) is 0 Å². The zero-order valence-corrected chi connectivity index (χ0v) is 9.33. The molecular formula is C12H11N3O2. The van der Waals surface area contributed by atoms with E-state index in [1.54, 1.807) is 25.2 Å². The minimum atomic E-state index is -0.230. The Kier molecular flexibility index (Phi) is 3.09. The summed E-state index contributed by atoms with van der Waals surface area (Å²) < 4.78 is 1.46. The van der Waals surface area contributed by atoms with Crippen LogP contribution in [0, 0.1) is 0 Å². The van der Waals surface area contributed by atoms with E-state index in [-0.39, 0.29) is 18.0 Å². The van der Waals surface area contributed by atoms with Crippen molar-refractivity contribution in [1.29, 1.82) is 0 Å². The van der Waals surface area contributed by atoms with E-state index in [0.717, 1.165) is 0 Å². The molecule has 0 N–H and O–H groups in total. The van der Waals surface area contributed by atoms with Crippen LogP contribution in [-0.2, 0) is 7.05 Å². The molecule has 86 valence electrons. The molecular weight excluding hydrogens is 218 g/mol. The summed E-state index contributed by atoms with van der Waals surface area (Å²) >= 11 is 0. The van der Waals surface area contributed by atoms with E-state index in [0.29, 0.717) is 11.3 Å². The molecule has 0 radical (unpaired) electrons. The molecule has 0 aliphatic rings. The first-order valence-corrected chi connectivity index (χ1v) is 5.13. The van der Waals surface area contributed by atoms with Crippen LogP contribution in [-0.4, -0.2) is 26.3 Å². The van der Waals surface area contributed by atoms with E-state index in [1.165, 1.54) is 23.3 Å². The number of aromatic nitrogens is 3. The van der Waals surface area contributed by atoms with Gasteiger partial charge in [0.15, 0.2) is 11.6 Å². The number of carbonyl (C=O) groups is 2. The maximum Gasteiger partial charge on any atom is 0.188 e. The predicted molar refractivity (Wildman–Crippen MR) is 60.7 cm³/mol. The lowest BCUT2D eigenvalue weighted by atomic mass is 10.1. The van der Waals surface area contributed by atoms with Gasteiger partial charge in [0.1, 0.15) is 5.69 Å². The van der Waals surface area contributed by atoms with Gasteiger partial charge in [-0.3, -0.25) is 19.3 Å². The number of hydrogen-bond donors (Lipinski definition) is 0. The van der Waals surface area contributed by atoms with Crippen LogP contribution < -0.4 is 0 Å². The van der Waals surface area contributed by atoms with Gasteiger partial charge >= 0.3 is 0 Å². The van der Waals surface area contributed by atoms with Crippen molar-refractivity contribution in [1.82, 2.24) is 14.8 Å². The molecule has 0 aliphatic carbocycles. The third kappa shape index (κ3) is 2.44. The molecule has 5 heteroatoms. The van der Waals surface area contributed by atoms with Crippen LogP contribution in [0.15, 0.2) is 36.8 Å². The number of nitrogens with zero attached hydrogens (tertiary/aromatic N) is 3. The normalized spacial score (nSPS) is 10.2. The number of hydrogen-bond acceptors (Lipinski definition) is 4. The van der Waals surface area contributed by atoms with Gasteiger partial charge in [-0.05, 0) is 18.2 Å². The molecule has 0 aromatic carbocycles. The SMILES string of the molecule is Cn1nccc1C(=O)CC(=O)c1ccncc1.